The molecule has 0 aromatic carbocycles. The van der Waals surface area contributed by atoms with Crippen LogP contribution in [0.25, 0.3) is 0 Å². The van der Waals surface area contributed by atoms with Gasteiger partial charge in [-0.15, -0.1) is 0 Å². The molecule has 0 aliphatic heterocycles. The number of hydrogen-bond acceptors (Lipinski definition) is 4. The topological polar surface area (TPSA) is 63.0 Å². The van der Waals surface area contributed by atoms with Crippen molar-refractivity contribution in [1.82, 2.24) is 4.98 Å². The minimum atomic E-state index is -0.542. The fourth-order valence-corrected chi connectivity index (χ4v) is 0.765. The number of nitriles is 1. The van der Waals surface area contributed by atoms with Crippen molar-refractivity contribution in [3.8, 4) is 6.07 Å². The van der Waals surface area contributed by atoms with Gasteiger partial charge in [-0.05, 0) is 6.07 Å². The molecule has 0 amide bonds. The smallest absolute Gasteiger partial charge is 0.340 e. The molecule has 0 fully saturated rings. The van der Waals surface area contributed by atoms with E-state index in [1.54, 1.807) is 0 Å². The van der Waals surface area contributed by atoms with E-state index in [9.17, 15) is 4.79 Å². The summed E-state index contributed by atoms with van der Waals surface area (Å²) in [5, 5.41) is 8.58. The van der Waals surface area contributed by atoms with Crippen LogP contribution in [0.3, 0.4) is 0 Å². The maximum absolute atomic E-state index is 11.0. The number of rotatable bonds is 1. The summed E-state index contributed by atoms with van der Waals surface area (Å²) < 4.78 is 4.45. The van der Waals surface area contributed by atoms with Crippen molar-refractivity contribution < 1.29 is 9.53 Å². The third-order valence-corrected chi connectivity index (χ3v) is 1.35. The molecule has 0 spiro atoms. The maximum Gasteiger partial charge on any atom is 0.340 e. The molecule has 0 saturated heterocycles. The predicted octanol–water partition coefficient (Wildman–Crippen LogP) is 0.740. The SMILES string of the molecule is COC(=O)c1cnccc1C#N. The molecule has 0 unspecified atom stereocenters. The van der Waals surface area contributed by atoms with Crippen LogP contribution in [0, 0.1) is 11.3 Å². The largest absolute Gasteiger partial charge is 0.465 e. The highest BCUT2D eigenvalue weighted by molar-refractivity contribution is 5.91. The zero-order valence-corrected chi connectivity index (χ0v) is 6.44. The van der Waals surface area contributed by atoms with Gasteiger partial charge in [-0.2, -0.15) is 5.26 Å². The summed E-state index contributed by atoms with van der Waals surface area (Å²) in [5.41, 5.74) is 0.472. The van der Waals surface area contributed by atoms with Gasteiger partial charge in [-0.25, -0.2) is 4.79 Å². The van der Waals surface area contributed by atoms with Crippen LogP contribution >= 0.6 is 0 Å². The summed E-state index contributed by atoms with van der Waals surface area (Å²) >= 11 is 0. The lowest BCUT2D eigenvalue weighted by atomic mass is 10.1. The Morgan fingerprint density at radius 2 is 2.50 bits per heavy atom. The Morgan fingerprint density at radius 3 is 3.08 bits per heavy atom. The van der Waals surface area contributed by atoms with Crippen molar-refractivity contribution in [3.63, 3.8) is 0 Å². The van der Waals surface area contributed by atoms with Crippen molar-refractivity contribution in [2.24, 2.45) is 0 Å². The van der Waals surface area contributed by atoms with Gasteiger partial charge in [-0.3, -0.25) is 4.98 Å². The third kappa shape index (κ3) is 1.40. The van der Waals surface area contributed by atoms with Gasteiger partial charge in [-0.1, -0.05) is 0 Å². The number of ether oxygens (including phenoxy) is 1. The highest BCUT2D eigenvalue weighted by atomic mass is 16.5. The van der Waals surface area contributed by atoms with E-state index in [-0.39, 0.29) is 11.1 Å². The summed E-state index contributed by atoms with van der Waals surface area (Å²) in [4.78, 5) is 14.7. The molecule has 60 valence electrons. The third-order valence-electron chi connectivity index (χ3n) is 1.35. The first kappa shape index (κ1) is 8.21. The van der Waals surface area contributed by atoms with Gasteiger partial charge in [0.25, 0.3) is 0 Å². The van der Waals surface area contributed by atoms with Gasteiger partial charge in [0.15, 0.2) is 0 Å². The first-order valence-electron chi connectivity index (χ1n) is 3.22. The van der Waals surface area contributed by atoms with Gasteiger partial charge >= 0.3 is 5.97 Å². The molecule has 4 heteroatoms. The Bertz CT molecular complexity index is 341. The zero-order valence-electron chi connectivity index (χ0n) is 6.44. The second-order valence-electron chi connectivity index (χ2n) is 2.02. The van der Waals surface area contributed by atoms with E-state index in [0.29, 0.717) is 0 Å². The Morgan fingerprint density at radius 1 is 1.75 bits per heavy atom. The molecule has 12 heavy (non-hydrogen) atoms. The Balaban J connectivity index is 3.16. The second kappa shape index (κ2) is 3.49. The van der Waals surface area contributed by atoms with Gasteiger partial charge in [0.2, 0.25) is 0 Å². The van der Waals surface area contributed by atoms with E-state index >= 15 is 0 Å². The number of methoxy groups -OCH3 is 1. The van der Waals surface area contributed by atoms with Crippen LogP contribution in [0.1, 0.15) is 15.9 Å². The van der Waals surface area contributed by atoms with Crippen molar-refractivity contribution in [1.29, 1.82) is 5.26 Å². The van der Waals surface area contributed by atoms with Crippen molar-refractivity contribution >= 4 is 5.97 Å². The van der Waals surface area contributed by atoms with E-state index < -0.39 is 5.97 Å². The summed E-state index contributed by atoms with van der Waals surface area (Å²) in [5.74, 6) is -0.542. The van der Waals surface area contributed by atoms with E-state index in [0.717, 1.165) is 0 Å². The molecule has 4 nitrogen and oxygen atoms in total. The molecular formula is C8H6N2O2. The molecule has 1 aromatic rings. The monoisotopic (exact) mass is 162 g/mol. The molecule has 1 rings (SSSR count). The molecule has 1 heterocycles. The second-order valence-corrected chi connectivity index (χ2v) is 2.02. The lowest BCUT2D eigenvalue weighted by Gasteiger charge is -1.98. The fourth-order valence-electron chi connectivity index (χ4n) is 0.765. The average molecular weight is 162 g/mol. The van der Waals surface area contributed by atoms with Crippen LogP contribution in [0.4, 0.5) is 0 Å². The van der Waals surface area contributed by atoms with Crippen LogP contribution < -0.4 is 0 Å². The number of carbonyl (C=O) groups excluding carboxylic acids is 1. The lowest BCUT2D eigenvalue weighted by Crippen LogP contribution is -2.04. The molecule has 0 saturated carbocycles. The van der Waals surface area contributed by atoms with Crippen molar-refractivity contribution in [3.05, 3.63) is 29.6 Å². The van der Waals surface area contributed by atoms with Crippen LogP contribution in [0.5, 0.6) is 0 Å². The minimum Gasteiger partial charge on any atom is -0.465 e. The summed E-state index contributed by atoms with van der Waals surface area (Å²) in [6.07, 6.45) is 2.76. The number of aromatic nitrogens is 1. The van der Waals surface area contributed by atoms with Crippen LogP contribution in [0.2, 0.25) is 0 Å². The lowest BCUT2D eigenvalue weighted by molar-refractivity contribution is 0.0600. The number of hydrogen-bond donors (Lipinski definition) is 0. The Hall–Kier alpha value is -1.89. The van der Waals surface area contributed by atoms with Gasteiger partial charge < -0.3 is 4.74 Å². The Kier molecular flexibility index (Phi) is 2.38. The highest BCUT2D eigenvalue weighted by Crippen LogP contribution is 2.05. The van der Waals surface area contributed by atoms with Gasteiger partial charge in [0.05, 0.1) is 18.2 Å². The molecule has 0 radical (unpaired) electrons. The molecular weight excluding hydrogens is 156 g/mol. The Labute approximate surface area is 69.4 Å². The predicted molar refractivity (Wildman–Crippen MR) is 40.3 cm³/mol. The summed E-state index contributed by atoms with van der Waals surface area (Å²) in [6, 6.07) is 3.33. The number of carbonyl (C=O) groups is 1. The van der Waals surface area contributed by atoms with E-state index in [1.165, 1.54) is 25.6 Å². The van der Waals surface area contributed by atoms with Crippen LogP contribution in [0.15, 0.2) is 18.5 Å². The average Bonchev–Trinajstić information content (AvgIpc) is 2.16. The summed E-state index contributed by atoms with van der Waals surface area (Å²) in [7, 11) is 1.26. The fraction of sp³-hybridized carbons (Fsp3) is 0.125. The minimum absolute atomic E-state index is 0.197. The van der Waals surface area contributed by atoms with Crippen LogP contribution in [-0.4, -0.2) is 18.1 Å². The quantitative estimate of drug-likeness (QED) is 0.571. The van der Waals surface area contributed by atoms with E-state index in [2.05, 4.69) is 9.72 Å². The normalized spacial score (nSPS) is 8.67. The first-order valence-corrected chi connectivity index (χ1v) is 3.22. The first-order chi connectivity index (χ1) is 5.79. The molecule has 0 aliphatic carbocycles. The molecule has 1 aromatic heterocycles. The van der Waals surface area contributed by atoms with Crippen molar-refractivity contribution in [2.75, 3.05) is 7.11 Å². The van der Waals surface area contributed by atoms with Gasteiger partial charge in [0.1, 0.15) is 6.07 Å². The number of pyridine rings is 1. The molecule has 0 atom stereocenters. The molecule has 0 aliphatic rings. The van der Waals surface area contributed by atoms with E-state index in [1.807, 2.05) is 6.07 Å². The number of nitrogens with zero attached hydrogens (tertiary/aromatic N) is 2. The van der Waals surface area contributed by atoms with E-state index in [4.69, 9.17) is 5.26 Å². The summed E-state index contributed by atoms with van der Waals surface area (Å²) in [6.45, 7) is 0. The van der Waals surface area contributed by atoms with Crippen LogP contribution in [-0.2, 0) is 4.74 Å². The highest BCUT2D eigenvalue weighted by Gasteiger charge is 2.10. The van der Waals surface area contributed by atoms with Gasteiger partial charge in [0, 0.05) is 12.4 Å². The molecule has 0 N–H and O–H groups in total. The zero-order chi connectivity index (χ0) is 8.97. The maximum atomic E-state index is 11.0. The number of esters is 1. The molecule has 0 bridgehead atoms. The van der Waals surface area contributed by atoms with Crippen molar-refractivity contribution in [2.45, 2.75) is 0 Å². The standard InChI is InChI=1S/C8H6N2O2/c1-12-8(11)7-5-10-3-2-6(7)4-9/h2-3,5H,1H3.